The second-order valence-corrected chi connectivity index (χ2v) is 4.86. The Hall–Kier alpha value is -1.28. The normalized spacial score (nSPS) is 10.5. The maximum Gasteiger partial charge on any atom is 0.192 e. The topological polar surface area (TPSA) is 68.5 Å². The third kappa shape index (κ3) is 2.89. The van der Waals surface area contributed by atoms with Crippen LogP contribution in [0.1, 0.15) is 0 Å². The van der Waals surface area contributed by atoms with Gasteiger partial charge in [-0.25, -0.2) is 19.6 Å². The van der Waals surface area contributed by atoms with E-state index in [9.17, 15) is 0 Å². The summed E-state index contributed by atoms with van der Waals surface area (Å²) >= 11 is 2.98. The largest absolute Gasteiger partial charge is 0.373 e. The van der Waals surface area contributed by atoms with Crippen molar-refractivity contribution < 1.29 is 0 Å². The third-order valence-corrected chi connectivity index (χ3v) is 3.50. The molecule has 0 aliphatic rings. The molecule has 0 atom stereocenters. The van der Waals surface area contributed by atoms with E-state index in [-0.39, 0.29) is 0 Å². The first-order chi connectivity index (χ1) is 8.22. The average molecular weight is 268 g/mol. The Bertz CT molecular complexity index is 490. The highest BCUT2D eigenvalue weighted by molar-refractivity contribution is 7.99. The van der Waals surface area contributed by atoms with Crippen LogP contribution in [0.4, 0.5) is 5.82 Å². The molecule has 1 N–H and O–H groups in total. The molecule has 0 aliphatic carbocycles. The Morgan fingerprint density at radius 3 is 2.76 bits per heavy atom. The molecule has 0 fully saturated rings. The minimum atomic E-state index is 0.738. The van der Waals surface area contributed by atoms with Gasteiger partial charge in [0.05, 0.1) is 0 Å². The molecular formula is C9H12N6S2. The van der Waals surface area contributed by atoms with Gasteiger partial charge >= 0.3 is 0 Å². The van der Waals surface area contributed by atoms with Crippen LogP contribution in [0.15, 0.2) is 27.7 Å². The van der Waals surface area contributed by atoms with Gasteiger partial charge in [0.2, 0.25) is 0 Å². The van der Waals surface area contributed by atoms with Crippen molar-refractivity contribution in [2.75, 3.05) is 18.6 Å². The van der Waals surface area contributed by atoms with Crippen molar-refractivity contribution in [1.29, 1.82) is 0 Å². The standard InChI is InChI=1S/C9H12N6S2/c1-10-6-4-7(14-8(13-6)16-3)17-9-11-5-12-15(9)2/h4-5H,1-3H3,(H,10,13,14). The zero-order valence-electron chi connectivity index (χ0n) is 9.71. The van der Waals surface area contributed by atoms with Crippen molar-refractivity contribution in [3.05, 3.63) is 12.4 Å². The van der Waals surface area contributed by atoms with Crippen LogP contribution in [0.5, 0.6) is 0 Å². The molecule has 0 aliphatic heterocycles. The smallest absolute Gasteiger partial charge is 0.192 e. The first-order valence-corrected chi connectivity index (χ1v) is 6.89. The number of hydrogen-bond acceptors (Lipinski definition) is 7. The Kier molecular flexibility index (Phi) is 3.85. The molecule has 2 rings (SSSR count). The molecule has 90 valence electrons. The Morgan fingerprint density at radius 2 is 2.18 bits per heavy atom. The van der Waals surface area contributed by atoms with E-state index in [0.717, 1.165) is 21.2 Å². The lowest BCUT2D eigenvalue weighted by Gasteiger charge is -2.05. The fraction of sp³-hybridized carbons (Fsp3) is 0.333. The van der Waals surface area contributed by atoms with E-state index in [2.05, 4.69) is 25.4 Å². The molecule has 0 unspecified atom stereocenters. The van der Waals surface area contributed by atoms with Gasteiger partial charge in [-0.15, -0.1) is 0 Å². The van der Waals surface area contributed by atoms with Gasteiger partial charge in [-0.2, -0.15) is 5.10 Å². The number of anilines is 1. The number of aromatic nitrogens is 5. The maximum atomic E-state index is 4.41. The van der Waals surface area contributed by atoms with Crippen LogP contribution in [0.3, 0.4) is 0 Å². The number of aryl methyl sites for hydroxylation is 1. The van der Waals surface area contributed by atoms with Crippen LogP contribution in [-0.4, -0.2) is 38.0 Å². The third-order valence-electron chi connectivity index (χ3n) is 1.99. The van der Waals surface area contributed by atoms with Crippen LogP contribution in [-0.2, 0) is 7.05 Å². The predicted molar refractivity (Wildman–Crippen MR) is 68.5 cm³/mol. The van der Waals surface area contributed by atoms with Gasteiger partial charge in [0.25, 0.3) is 0 Å². The van der Waals surface area contributed by atoms with Crippen LogP contribution >= 0.6 is 23.5 Å². The Labute approximate surface area is 108 Å². The fourth-order valence-electron chi connectivity index (χ4n) is 1.15. The van der Waals surface area contributed by atoms with Crippen molar-refractivity contribution in [3.63, 3.8) is 0 Å². The van der Waals surface area contributed by atoms with Crippen molar-refractivity contribution in [2.24, 2.45) is 7.05 Å². The monoisotopic (exact) mass is 268 g/mol. The number of thioether (sulfide) groups is 1. The van der Waals surface area contributed by atoms with Gasteiger partial charge in [-0.1, -0.05) is 11.8 Å². The highest BCUT2D eigenvalue weighted by atomic mass is 32.2. The summed E-state index contributed by atoms with van der Waals surface area (Å²) in [6.07, 6.45) is 3.48. The molecule has 0 bridgehead atoms. The van der Waals surface area contributed by atoms with E-state index in [1.54, 1.807) is 4.68 Å². The molecule has 17 heavy (non-hydrogen) atoms. The lowest BCUT2D eigenvalue weighted by Crippen LogP contribution is -1.98. The maximum absolute atomic E-state index is 4.41. The van der Waals surface area contributed by atoms with Gasteiger partial charge in [0.1, 0.15) is 17.2 Å². The molecule has 0 radical (unpaired) electrons. The van der Waals surface area contributed by atoms with E-state index in [0.29, 0.717) is 0 Å². The summed E-state index contributed by atoms with van der Waals surface area (Å²) in [6, 6.07) is 1.89. The highest BCUT2D eigenvalue weighted by Gasteiger charge is 2.08. The summed E-state index contributed by atoms with van der Waals surface area (Å²) in [6.45, 7) is 0. The van der Waals surface area contributed by atoms with Crippen LogP contribution < -0.4 is 5.32 Å². The first kappa shape index (κ1) is 12.2. The lowest BCUT2D eigenvalue weighted by molar-refractivity contribution is 0.684. The van der Waals surface area contributed by atoms with Gasteiger partial charge in [0.15, 0.2) is 10.3 Å². The van der Waals surface area contributed by atoms with Crippen LogP contribution in [0, 0.1) is 0 Å². The molecule has 8 heteroatoms. The van der Waals surface area contributed by atoms with E-state index < -0.39 is 0 Å². The van der Waals surface area contributed by atoms with E-state index >= 15 is 0 Å². The summed E-state index contributed by atoms with van der Waals surface area (Å²) in [5.41, 5.74) is 0. The van der Waals surface area contributed by atoms with E-state index in [1.165, 1.54) is 29.9 Å². The van der Waals surface area contributed by atoms with Gasteiger partial charge < -0.3 is 5.32 Å². The fourth-order valence-corrected chi connectivity index (χ4v) is 2.35. The number of nitrogens with zero attached hydrogens (tertiary/aromatic N) is 5. The quantitative estimate of drug-likeness (QED) is 0.512. The zero-order chi connectivity index (χ0) is 12.3. The number of nitrogens with one attached hydrogen (secondary N) is 1. The summed E-state index contributed by atoms with van der Waals surface area (Å²) < 4.78 is 1.71. The highest BCUT2D eigenvalue weighted by Crippen LogP contribution is 2.26. The Balaban J connectivity index is 2.29. The molecule has 0 saturated heterocycles. The van der Waals surface area contributed by atoms with E-state index in [1.807, 2.05) is 26.4 Å². The summed E-state index contributed by atoms with van der Waals surface area (Å²) in [5.74, 6) is 0.800. The molecule has 2 heterocycles. The van der Waals surface area contributed by atoms with Gasteiger partial charge in [-0.05, 0) is 18.0 Å². The number of rotatable bonds is 4. The molecule has 0 aromatic carbocycles. The predicted octanol–water partition coefficient (Wildman–Crippen LogP) is 1.52. The van der Waals surface area contributed by atoms with Crippen molar-refractivity contribution in [2.45, 2.75) is 15.3 Å². The molecule has 0 saturated carbocycles. The first-order valence-electron chi connectivity index (χ1n) is 4.85. The molecule has 2 aromatic rings. The van der Waals surface area contributed by atoms with E-state index in [4.69, 9.17) is 0 Å². The minimum absolute atomic E-state index is 0.738. The van der Waals surface area contributed by atoms with Crippen molar-refractivity contribution in [3.8, 4) is 0 Å². The SMILES string of the molecule is CNc1cc(Sc2ncnn2C)nc(SC)n1. The Morgan fingerprint density at radius 1 is 1.35 bits per heavy atom. The summed E-state index contributed by atoms with van der Waals surface area (Å²) in [4.78, 5) is 12.9. The lowest BCUT2D eigenvalue weighted by atomic mass is 10.6. The van der Waals surface area contributed by atoms with Crippen molar-refractivity contribution >= 4 is 29.3 Å². The van der Waals surface area contributed by atoms with Gasteiger partial charge in [-0.3, -0.25) is 0 Å². The second kappa shape index (κ2) is 5.37. The van der Waals surface area contributed by atoms with Crippen LogP contribution in [0.2, 0.25) is 0 Å². The second-order valence-electron chi connectivity index (χ2n) is 3.10. The van der Waals surface area contributed by atoms with Gasteiger partial charge in [0, 0.05) is 20.2 Å². The number of hydrogen-bond donors (Lipinski definition) is 1. The molecular weight excluding hydrogens is 256 g/mol. The zero-order valence-corrected chi connectivity index (χ0v) is 11.3. The average Bonchev–Trinajstić information content (AvgIpc) is 2.74. The summed E-state index contributed by atoms with van der Waals surface area (Å²) in [7, 11) is 3.69. The van der Waals surface area contributed by atoms with Crippen LogP contribution in [0.25, 0.3) is 0 Å². The minimum Gasteiger partial charge on any atom is -0.373 e. The molecule has 2 aromatic heterocycles. The molecule has 0 amide bonds. The summed E-state index contributed by atoms with van der Waals surface area (Å²) in [5, 5.41) is 9.43. The molecule has 6 nitrogen and oxygen atoms in total. The molecule has 0 spiro atoms. The van der Waals surface area contributed by atoms with Crippen molar-refractivity contribution in [1.82, 2.24) is 24.7 Å².